The van der Waals surface area contributed by atoms with Gasteiger partial charge in [-0.15, -0.1) is 12.4 Å². The molecule has 7 heteroatoms. The molecule has 0 spiro atoms. The third-order valence-electron chi connectivity index (χ3n) is 3.29. The Bertz CT molecular complexity index is 495. The number of rotatable bonds is 6. The minimum atomic E-state index is -0.0818. The van der Waals surface area contributed by atoms with Crippen molar-refractivity contribution >= 4 is 24.0 Å². The molecule has 0 radical (unpaired) electrons. The number of carbonyl (C=O) groups excluding carboxylic acids is 1. The maximum Gasteiger partial charge on any atom is 0.238 e. The normalized spacial score (nSPS) is 14.7. The van der Waals surface area contributed by atoms with E-state index in [-0.39, 0.29) is 24.9 Å². The molecule has 0 aromatic heterocycles. The van der Waals surface area contributed by atoms with Gasteiger partial charge in [0.1, 0.15) is 0 Å². The highest BCUT2D eigenvalue weighted by atomic mass is 35.5. The van der Waals surface area contributed by atoms with E-state index in [2.05, 4.69) is 15.5 Å². The van der Waals surface area contributed by atoms with Crippen LogP contribution >= 0.6 is 12.4 Å². The van der Waals surface area contributed by atoms with E-state index in [1.165, 1.54) is 0 Å². The Hall–Kier alpha value is -1.65. The van der Waals surface area contributed by atoms with E-state index in [1.807, 2.05) is 6.07 Å². The van der Waals surface area contributed by atoms with E-state index in [0.29, 0.717) is 11.3 Å². The summed E-state index contributed by atoms with van der Waals surface area (Å²) in [5.41, 5.74) is 1.28. The molecule has 1 amide bonds. The number of hydrogen-bond acceptors (Lipinski definition) is 5. The molecular formula is C15H21ClN4O2. The van der Waals surface area contributed by atoms with Gasteiger partial charge in [0.25, 0.3) is 0 Å². The summed E-state index contributed by atoms with van der Waals surface area (Å²) in [7, 11) is 0. The van der Waals surface area contributed by atoms with Crippen molar-refractivity contribution in [1.82, 2.24) is 10.2 Å². The number of benzene rings is 1. The van der Waals surface area contributed by atoms with Crippen molar-refractivity contribution in [2.75, 3.05) is 51.3 Å². The summed E-state index contributed by atoms with van der Waals surface area (Å²) < 4.78 is 5.28. The third-order valence-corrected chi connectivity index (χ3v) is 3.29. The maximum atomic E-state index is 11.7. The lowest BCUT2D eigenvalue weighted by molar-refractivity contribution is -0.115. The number of nitrogens with one attached hydrogen (secondary N) is 2. The first-order valence-electron chi connectivity index (χ1n) is 7.09. The highest BCUT2D eigenvalue weighted by Crippen LogP contribution is 2.08. The van der Waals surface area contributed by atoms with E-state index in [4.69, 9.17) is 10.00 Å². The Morgan fingerprint density at radius 2 is 1.95 bits per heavy atom. The minimum Gasteiger partial charge on any atom is -0.379 e. The van der Waals surface area contributed by atoms with Crippen molar-refractivity contribution in [1.29, 1.82) is 5.26 Å². The first kappa shape index (κ1) is 18.4. The van der Waals surface area contributed by atoms with Gasteiger partial charge in [-0.05, 0) is 24.3 Å². The number of ether oxygens (including phenoxy) is 1. The molecule has 1 aliphatic rings. The van der Waals surface area contributed by atoms with Crippen molar-refractivity contribution in [3.05, 3.63) is 29.8 Å². The molecular weight excluding hydrogens is 304 g/mol. The van der Waals surface area contributed by atoms with Gasteiger partial charge >= 0.3 is 0 Å². The van der Waals surface area contributed by atoms with Crippen molar-refractivity contribution in [3.63, 3.8) is 0 Å². The van der Waals surface area contributed by atoms with Crippen LogP contribution in [0.2, 0.25) is 0 Å². The summed E-state index contributed by atoms with van der Waals surface area (Å²) in [6.45, 7) is 5.48. The maximum absolute atomic E-state index is 11.7. The zero-order chi connectivity index (χ0) is 14.9. The van der Waals surface area contributed by atoms with Crippen LogP contribution in [-0.2, 0) is 9.53 Å². The van der Waals surface area contributed by atoms with Gasteiger partial charge in [-0.1, -0.05) is 0 Å². The van der Waals surface area contributed by atoms with Crippen LogP contribution in [-0.4, -0.2) is 56.7 Å². The van der Waals surface area contributed by atoms with Crippen LogP contribution in [0.15, 0.2) is 24.3 Å². The lowest BCUT2D eigenvalue weighted by atomic mass is 10.2. The summed E-state index contributed by atoms with van der Waals surface area (Å²) in [5.74, 6) is -0.0818. The smallest absolute Gasteiger partial charge is 0.238 e. The first-order valence-corrected chi connectivity index (χ1v) is 7.09. The highest BCUT2D eigenvalue weighted by molar-refractivity contribution is 5.92. The molecule has 0 saturated carbocycles. The SMILES string of the molecule is Cl.N#Cc1ccc(NC(=O)CNCCN2CCOCC2)cc1. The number of amides is 1. The first-order chi connectivity index (χ1) is 10.3. The quantitative estimate of drug-likeness (QED) is 0.758. The van der Waals surface area contributed by atoms with Gasteiger partial charge in [0.05, 0.1) is 31.4 Å². The molecule has 1 aromatic rings. The molecule has 120 valence electrons. The van der Waals surface area contributed by atoms with Gasteiger partial charge in [0.2, 0.25) is 5.91 Å². The van der Waals surface area contributed by atoms with E-state index < -0.39 is 0 Å². The monoisotopic (exact) mass is 324 g/mol. The van der Waals surface area contributed by atoms with Crippen molar-refractivity contribution in [2.24, 2.45) is 0 Å². The number of halogens is 1. The van der Waals surface area contributed by atoms with Crippen LogP contribution in [0.3, 0.4) is 0 Å². The van der Waals surface area contributed by atoms with Gasteiger partial charge < -0.3 is 15.4 Å². The summed E-state index contributed by atoms with van der Waals surface area (Å²) in [6.07, 6.45) is 0. The molecule has 0 atom stereocenters. The predicted octanol–water partition coefficient (Wildman–Crippen LogP) is 0.840. The van der Waals surface area contributed by atoms with Gasteiger partial charge in [-0.2, -0.15) is 5.26 Å². The fourth-order valence-corrected chi connectivity index (χ4v) is 2.10. The van der Waals surface area contributed by atoms with E-state index in [1.54, 1.807) is 24.3 Å². The average Bonchev–Trinajstić information content (AvgIpc) is 2.53. The summed E-state index contributed by atoms with van der Waals surface area (Å²) in [5, 5.41) is 14.6. The largest absolute Gasteiger partial charge is 0.379 e. The molecule has 6 nitrogen and oxygen atoms in total. The fraction of sp³-hybridized carbons (Fsp3) is 0.467. The van der Waals surface area contributed by atoms with E-state index >= 15 is 0 Å². The fourth-order valence-electron chi connectivity index (χ4n) is 2.10. The Morgan fingerprint density at radius 3 is 2.59 bits per heavy atom. The molecule has 2 N–H and O–H groups in total. The molecule has 2 rings (SSSR count). The van der Waals surface area contributed by atoms with Crippen LogP contribution < -0.4 is 10.6 Å². The minimum absolute atomic E-state index is 0. The predicted molar refractivity (Wildman–Crippen MR) is 87.2 cm³/mol. The lowest BCUT2D eigenvalue weighted by Crippen LogP contribution is -2.41. The van der Waals surface area contributed by atoms with E-state index in [0.717, 1.165) is 39.4 Å². The van der Waals surface area contributed by atoms with Crippen LogP contribution in [0.4, 0.5) is 5.69 Å². The van der Waals surface area contributed by atoms with Crippen molar-refractivity contribution in [3.8, 4) is 6.07 Å². The average molecular weight is 325 g/mol. The second-order valence-corrected chi connectivity index (χ2v) is 4.87. The van der Waals surface area contributed by atoms with Crippen molar-refractivity contribution < 1.29 is 9.53 Å². The molecule has 1 heterocycles. The molecule has 1 saturated heterocycles. The number of morpholine rings is 1. The Balaban J connectivity index is 0.00000242. The van der Waals surface area contributed by atoms with Crippen LogP contribution in [0.1, 0.15) is 5.56 Å². The topological polar surface area (TPSA) is 77.4 Å². The Labute approximate surface area is 136 Å². The number of nitriles is 1. The summed E-state index contributed by atoms with van der Waals surface area (Å²) in [6, 6.07) is 8.86. The van der Waals surface area contributed by atoms with Crippen LogP contribution in [0.25, 0.3) is 0 Å². The summed E-state index contributed by atoms with van der Waals surface area (Å²) >= 11 is 0. The molecule has 22 heavy (non-hydrogen) atoms. The van der Waals surface area contributed by atoms with Crippen LogP contribution in [0.5, 0.6) is 0 Å². The summed E-state index contributed by atoms with van der Waals surface area (Å²) in [4.78, 5) is 14.1. The molecule has 1 aromatic carbocycles. The Morgan fingerprint density at radius 1 is 1.27 bits per heavy atom. The second-order valence-electron chi connectivity index (χ2n) is 4.87. The Kier molecular flexibility index (Phi) is 8.48. The zero-order valence-corrected chi connectivity index (χ0v) is 13.2. The van der Waals surface area contributed by atoms with Gasteiger partial charge in [0, 0.05) is 31.9 Å². The highest BCUT2D eigenvalue weighted by Gasteiger charge is 2.09. The zero-order valence-electron chi connectivity index (χ0n) is 12.4. The van der Waals surface area contributed by atoms with Crippen LogP contribution in [0, 0.1) is 11.3 Å². The van der Waals surface area contributed by atoms with E-state index in [9.17, 15) is 4.79 Å². The molecule has 0 bridgehead atoms. The van der Waals surface area contributed by atoms with Gasteiger partial charge in [0.15, 0.2) is 0 Å². The second kappa shape index (κ2) is 10.1. The number of nitrogens with zero attached hydrogens (tertiary/aromatic N) is 2. The standard InChI is InChI=1S/C15H20N4O2.ClH/c16-11-13-1-3-14(4-2-13)18-15(20)12-17-5-6-19-7-9-21-10-8-19;/h1-4,17H,5-10,12H2,(H,18,20);1H. The number of hydrogen-bond donors (Lipinski definition) is 2. The van der Waals surface area contributed by atoms with Gasteiger partial charge in [-0.25, -0.2) is 0 Å². The molecule has 0 aliphatic carbocycles. The van der Waals surface area contributed by atoms with Crippen molar-refractivity contribution in [2.45, 2.75) is 0 Å². The number of carbonyl (C=O) groups is 1. The molecule has 1 fully saturated rings. The number of anilines is 1. The molecule has 0 unspecified atom stereocenters. The third kappa shape index (κ3) is 6.41. The lowest BCUT2D eigenvalue weighted by Gasteiger charge is -2.26. The molecule has 1 aliphatic heterocycles. The van der Waals surface area contributed by atoms with Gasteiger partial charge in [-0.3, -0.25) is 9.69 Å².